The summed E-state index contributed by atoms with van der Waals surface area (Å²) in [5, 5.41) is 0. The Balaban J connectivity index is 2.21. The number of fused-ring (bicyclic) bond motifs is 2. The molecule has 0 aliphatic heterocycles. The fraction of sp³-hybridized carbons (Fsp3) is 0.133. The molecule has 108 valence electrons. The molecule has 0 unspecified atom stereocenters. The highest BCUT2D eigenvalue weighted by Crippen LogP contribution is 2.28. The van der Waals surface area contributed by atoms with Crippen molar-refractivity contribution in [2.45, 2.75) is 17.7 Å². The molecule has 0 fully saturated rings. The minimum absolute atomic E-state index is 0.255. The molecule has 21 heavy (non-hydrogen) atoms. The highest BCUT2D eigenvalue weighted by Gasteiger charge is 2.24. The molecule has 0 N–H and O–H groups in total. The fourth-order valence-electron chi connectivity index (χ4n) is 2.53. The Hall–Kier alpha value is -1.53. The van der Waals surface area contributed by atoms with Crippen LogP contribution in [0.4, 0.5) is 3.89 Å². The van der Waals surface area contributed by atoms with E-state index in [1.54, 1.807) is 6.07 Å². The first-order chi connectivity index (χ1) is 9.86. The van der Waals surface area contributed by atoms with Crippen LogP contribution in [0.1, 0.15) is 27.0 Å². The highest BCUT2D eigenvalue weighted by atomic mass is 79.9. The van der Waals surface area contributed by atoms with E-state index in [1.165, 1.54) is 12.1 Å². The van der Waals surface area contributed by atoms with E-state index in [-0.39, 0.29) is 11.3 Å². The lowest BCUT2D eigenvalue weighted by molar-refractivity contribution is 0.103. The van der Waals surface area contributed by atoms with Crippen LogP contribution in [0.3, 0.4) is 0 Å². The standard InChI is InChI=1S/C15H10BrFO3S/c16-11-5-3-9-1-2-10-4-6-12(21(17,19)20)8-14(10)15(18)13(9)7-11/h3-8H,1-2H2. The van der Waals surface area contributed by atoms with Crippen molar-refractivity contribution < 1.29 is 17.1 Å². The van der Waals surface area contributed by atoms with Gasteiger partial charge in [0.25, 0.3) is 0 Å². The number of carbonyl (C=O) groups is 1. The van der Waals surface area contributed by atoms with E-state index in [9.17, 15) is 17.1 Å². The molecule has 0 saturated heterocycles. The van der Waals surface area contributed by atoms with Crippen LogP contribution >= 0.6 is 15.9 Å². The first-order valence-electron chi connectivity index (χ1n) is 6.27. The molecule has 0 bridgehead atoms. The van der Waals surface area contributed by atoms with Crippen molar-refractivity contribution in [3.05, 3.63) is 63.1 Å². The van der Waals surface area contributed by atoms with Crippen LogP contribution in [0.25, 0.3) is 0 Å². The number of hydrogen-bond donors (Lipinski definition) is 0. The van der Waals surface area contributed by atoms with Crippen molar-refractivity contribution in [3.8, 4) is 0 Å². The maximum atomic E-state index is 13.1. The van der Waals surface area contributed by atoms with Crippen LogP contribution in [-0.2, 0) is 23.1 Å². The summed E-state index contributed by atoms with van der Waals surface area (Å²) >= 11 is 3.32. The van der Waals surface area contributed by atoms with Crippen molar-refractivity contribution in [2.24, 2.45) is 0 Å². The zero-order valence-electron chi connectivity index (χ0n) is 10.8. The van der Waals surface area contributed by atoms with Crippen LogP contribution in [0, 0.1) is 0 Å². The molecule has 2 aromatic rings. The van der Waals surface area contributed by atoms with E-state index >= 15 is 0 Å². The smallest absolute Gasteiger partial charge is 0.289 e. The van der Waals surface area contributed by atoms with E-state index in [0.717, 1.165) is 21.7 Å². The van der Waals surface area contributed by atoms with Gasteiger partial charge in [-0.25, -0.2) is 0 Å². The van der Waals surface area contributed by atoms with Gasteiger partial charge in [0.05, 0.1) is 4.90 Å². The maximum absolute atomic E-state index is 13.1. The molecule has 0 saturated carbocycles. The summed E-state index contributed by atoms with van der Waals surface area (Å²) in [5.74, 6) is -0.274. The van der Waals surface area contributed by atoms with Gasteiger partial charge in [-0.15, -0.1) is 3.89 Å². The summed E-state index contributed by atoms with van der Waals surface area (Å²) in [6.07, 6.45) is 1.30. The van der Waals surface area contributed by atoms with Crippen LogP contribution in [0.5, 0.6) is 0 Å². The zero-order chi connectivity index (χ0) is 15.2. The zero-order valence-corrected chi connectivity index (χ0v) is 13.2. The Kier molecular flexibility index (Phi) is 3.45. The molecule has 1 aliphatic carbocycles. The third kappa shape index (κ3) is 2.65. The number of halogens is 2. The quantitative estimate of drug-likeness (QED) is 0.724. The van der Waals surface area contributed by atoms with Gasteiger partial charge in [-0.2, -0.15) is 8.42 Å². The average Bonchev–Trinajstić information content (AvgIpc) is 2.56. The minimum atomic E-state index is -4.82. The van der Waals surface area contributed by atoms with Gasteiger partial charge in [0.1, 0.15) is 0 Å². The Bertz CT molecular complexity index is 859. The molecule has 0 amide bonds. The van der Waals surface area contributed by atoms with Gasteiger partial charge in [0.2, 0.25) is 0 Å². The molecule has 0 atom stereocenters. The van der Waals surface area contributed by atoms with Gasteiger partial charge in [0.15, 0.2) is 5.78 Å². The van der Waals surface area contributed by atoms with Gasteiger partial charge in [-0.1, -0.05) is 28.1 Å². The molecule has 0 aromatic heterocycles. The van der Waals surface area contributed by atoms with Gasteiger partial charge in [-0.05, 0) is 48.2 Å². The second-order valence-electron chi connectivity index (χ2n) is 4.89. The van der Waals surface area contributed by atoms with Crippen molar-refractivity contribution in [1.82, 2.24) is 0 Å². The van der Waals surface area contributed by atoms with Crippen molar-refractivity contribution in [2.75, 3.05) is 0 Å². The fourth-order valence-corrected chi connectivity index (χ4v) is 3.38. The van der Waals surface area contributed by atoms with Gasteiger partial charge < -0.3 is 0 Å². The van der Waals surface area contributed by atoms with Crippen LogP contribution in [0.2, 0.25) is 0 Å². The number of carbonyl (C=O) groups excluding carboxylic acids is 1. The van der Waals surface area contributed by atoms with Gasteiger partial charge in [-0.3, -0.25) is 4.79 Å². The molecule has 1 aliphatic rings. The van der Waals surface area contributed by atoms with Crippen molar-refractivity contribution >= 4 is 31.9 Å². The maximum Gasteiger partial charge on any atom is 0.332 e. The Labute approximate surface area is 130 Å². The van der Waals surface area contributed by atoms with E-state index in [0.29, 0.717) is 18.4 Å². The lowest BCUT2D eigenvalue weighted by Crippen LogP contribution is -2.06. The van der Waals surface area contributed by atoms with Crippen LogP contribution < -0.4 is 0 Å². The highest BCUT2D eigenvalue weighted by molar-refractivity contribution is 9.10. The van der Waals surface area contributed by atoms with E-state index in [1.807, 2.05) is 12.1 Å². The summed E-state index contributed by atoms with van der Waals surface area (Å²) in [5.41, 5.74) is 2.42. The summed E-state index contributed by atoms with van der Waals surface area (Å²) in [6.45, 7) is 0. The monoisotopic (exact) mass is 368 g/mol. The van der Waals surface area contributed by atoms with E-state index in [2.05, 4.69) is 15.9 Å². The molecular weight excluding hydrogens is 359 g/mol. The lowest BCUT2D eigenvalue weighted by Gasteiger charge is -2.07. The Morgan fingerprint density at radius 2 is 1.52 bits per heavy atom. The van der Waals surface area contributed by atoms with E-state index < -0.39 is 15.1 Å². The number of benzene rings is 2. The molecule has 3 rings (SSSR count). The molecule has 6 heteroatoms. The molecular formula is C15H10BrFO3S. The predicted molar refractivity (Wildman–Crippen MR) is 79.7 cm³/mol. The van der Waals surface area contributed by atoms with Crippen LogP contribution in [-0.4, -0.2) is 14.2 Å². The van der Waals surface area contributed by atoms with Crippen molar-refractivity contribution in [3.63, 3.8) is 0 Å². The topological polar surface area (TPSA) is 51.2 Å². The van der Waals surface area contributed by atoms with Gasteiger partial charge >= 0.3 is 10.2 Å². The number of aryl methyl sites for hydroxylation is 2. The molecule has 0 spiro atoms. The molecule has 0 heterocycles. The second-order valence-corrected chi connectivity index (χ2v) is 7.15. The molecule has 2 aromatic carbocycles. The Morgan fingerprint density at radius 3 is 2.14 bits per heavy atom. The largest absolute Gasteiger partial charge is 0.332 e. The van der Waals surface area contributed by atoms with E-state index in [4.69, 9.17) is 0 Å². The lowest BCUT2D eigenvalue weighted by atomic mass is 9.99. The molecule has 3 nitrogen and oxygen atoms in total. The summed E-state index contributed by atoms with van der Waals surface area (Å²) in [4.78, 5) is 12.1. The third-order valence-corrected chi connectivity index (χ3v) is 4.90. The summed E-state index contributed by atoms with van der Waals surface area (Å²) in [6, 6.07) is 9.29. The third-order valence-electron chi connectivity index (χ3n) is 3.59. The summed E-state index contributed by atoms with van der Waals surface area (Å²) < 4.78 is 36.0. The number of rotatable bonds is 1. The van der Waals surface area contributed by atoms with Crippen LogP contribution in [0.15, 0.2) is 45.8 Å². The first-order valence-corrected chi connectivity index (χ1v) is 8.44. The van der Waals surface area contributed by atoms with Gasteiger partial charge in [0, 0.05) is 15.6 Å². The van der Waals surface area contributed by atoms with Crippen molar-refractivity contribution in [1.29, 1.82) is 0 Å². The molecule has 0 radical (unpaired) electrons. The Morgan fingerprint density at radius 1 is 0.952 bits per heavy atom. The number of hydrogen-bond acceptors (Lipinski definition) is 3. The normalized spacial score (nSPS) is 14.3. The summed E-state index contributed by atoms with van der Waals surface area (Å²) in [7, 11) is -4.82. The average molecular weight is 369 g/mol. The predicted octanol–water partition coefficient (Wildman–Crippen LogP) is 3.44. The minimum Gasteiger partial charge on any atom is -0.289 e. The second kappa shape index (κ2) is 5.03. The first kappa shape index (κ1) is 14.4. The SMILES string of the molecule is O=C1c2cc(Br)ccc2CCc2ccc(S(=O)(=O)F)cc21. The number of ketones is 1.